The van der Waals surface area contributed by atoms with E-state index in [4.69, 9.17) is 0 Å². The fraction of sp³-hybridized carbons (Fsp3) is 0.588. The van der Waals surface area contributed by atoms with E-state index in [0.29, 0.717) is 5.91 Å². The topological polar surface area (TPSA) is 49.3 Å². The average Bonchev–Trinajstić information content (AvgIpc) is 3.17. The molecule has 0 saturated carbocycles. The molecule has 1 atom stereocenters. The molecule has 2 aromatic rings. The van der Waals surface area contributed by atoms with Crippen LogP contribution in [-0.4, -0.2) is 45.3 Å². The van der Waals surface area contributed by atoms with E-state index in [0.717, 1.165) is 56.3 Å². The summed E-state index contributed by atoms with van der Waals surface area (Å²) in [6, 6.07) is 0. The number of piperidine rings is 1. The van der Waals surface area contributed by atoms with Crippen LogP contribution >= 0.6 is 22.7 Å². The van der Waals surface area contributed by atoms with Crippen molar-refractivity contribution in [3.8, 4) is 0 Å². The lowest BCUT2D eigenvalue weighted by Crippen LogP contribution is -2.66. The SMILES string of the molecule is Cc1nc(C)c(CN2CCCC3(C2)CN(Cc2cncs2)C3=O)s1. The van der Waals surface area contributed by atoms with E-state index in [-0.39, 0.29) is 5.41 Å². The van der Waals surface area contributed by atoms with Gasteiger partial charge in [-0.1, -0.05) is 0 Å². The molecule has 4 heterocycles. The molecule has 2 aromatic heterocycles. The molecule has 1 amide bonds. The second-order valence-electron chi connectivity index (χ2n) is 6.96. The monoisotopic (exact) mass is 362 g/mol. The number of rotatable bonds is 4. The molecule has 2 aliphatic rings. The molecule has 0 bridgehead atoms. The second-order valence-corrected chi connectivity index (χ2v) is 9.22. The number of thiazole rings is 2. The minimum Gasteiger partial charge on any atom is -0.336 e. The van der Waals surface area contributed by atoms with Gasteiger partial charge in [0.15, 0.2) is 0 Å². The van der Waals surface area contributed by atoms with Crippen molar-refractivity contribution in [3.63, 3.8) is 0 Å². The van der Waals surface area contributed by atoms with Crippen molar-refractivity contribution in [3.05, 3.63) is 32.2 Å². The highest BCUT2D eigenvalue weighted by Gasteiger charge is 2.53. The largest absolute Gasteiger partial charge is 0.336 e. The van der Waals surface area contributed by atoms with Crippen LogP contribution in [0.3, 0.4) is 0 Å². The molecule has 5 nitrogen and oxygen atoms in total. The summed E-state index contributed by atoms with van der Waals surface area (Å²) < 4.78 is 0. The average molecular weight is 363 g/mol. The number of carbonyl (C=O) groups excluding carboxylic acids is 1. The maximum Gasteiger partial charge on any atom is 0.232 e. The zero-order valence-electron chi connectivity index (χ0n) is 14.1. The molecule has 1 spiro atoms. The Morgan fingerprint density at radius 2 is 2.17 bits per heavy atom. The maximum atomic E-state index is 12.8. The quantitative estimate of drug-likeness (QED) is 0.785. The summed E-state index contributed by atoms with van der Waals surface area (Å²) in [6.45, 7) is 8.66. The van der Waals surface area contributed by atoms with Crippen molar-refractivity contribution in [1.29, 1.82) is 0 Å². The molecule has 1 unspecified atom stereocenters. The van der Waals surface area contributed by atoms with Crippen molar-refractivity contribution < 1.29 is 4.79 Å². The first kappa shape index (κ1) is 16.2. The van der Waals surface area contributed by atoms with E-state index >= 15 is 0 Å². The third-order valence-corrected chi connectivity index (χ3v) is 6.91. The highest BCUT2D eigenvalue weighted by atomic mass is 32.1. The molecule has 24 heavy (non-hydrogen) atoms. The third-order valence-electron chi connectivity index (χ3n) is 5.09. The summed E-state index contributed by atoms with van der Waals surface area (Å²) in [5.41, 5.74) is 2.83. The van der Waals surface area contributed by atoms with Gasteiger partial charge >= 0.3 is 0 Å². The molecule has 0 aromatic carbocycles. The van der Waals surface area contributed by atoms with Gasteiger partial charge in [0, 0.05) is 35.6 Å². The normalized spacial score (nSPS) is 24.6. The van der Waals surface area contributed by atoms with Gasteiger partial charge in [-0.05, 0) is 33.2 Å². The van der Waals surface area contributed by atoms with Crippen LogP contribution in [0, 0.1) is 19.3 Å². The van der Waals surface area contributed by atoms with Gasteiger partial charge in [-0.15, -0.1) is 22.7 Å². The van der Waals surface area contributed by atoms with Crippen LogP contribution in [0.25, 0.3) is 0 Å². The Balaban J connectivity index is 1.40. The molecular formula is C17H22N4OS2. The first-order valence-corrected chi connectivity index (χ1v) is 10.1. The van der Waals surface area contributed by atoms with Gasteiger partial charge in [-0.2, -0.15) is 0 Å². The van der Waals surface area contributed by atoms with Crippen LogP contribution in [0.15, 0.2) is 11.7 Å². The van der Waals surface area contributed by atoms with E-state index in [1.165, 1.54) is 9.75 Å². The number of aryl methyl sites for hydroxylation is 2. The smallest absolute Gasteiger partial charge is 0.232 e. The van der Waals surface area contributed by atoms with Crippen LogP contribution in [0.4, 0.5) is 0 Å². The van der Waals surface area contributed by atoms with E-state index in [1.807, 2.05) is 16.6 Å². The van der Waals surface area contributed by atoms with Crippen molar-refractivity contribution in [1.82, 2.24) is 19.8 Å². The van der Waals surface area contributed by atoms with Gasteiger partial charge in [-0.25, -0.2) is 4.98 Å². The van der Waals surface area contributed by atoms with Gasteiger partial charge in [0.25, 0.3) is 0 Å². The summed E-state index contributed by atoms with van der Waals surface area (Å²) in [6.07, 6.45) is 4.00. The molecular weight excluding hydrogens is 340 g/mol. The van der Waals surface area contributed by atoms with Crippen LogP contribution in [0.2, 0.25) is 0 Å². The number of carbonyl (C=O) groups is 1. The fourth-order valence-corrected chi connectivity index (χ4v) is 5.56. The predicted molar refractivity (Wildman–Crippen MR) is 96.1 cm³/mol. The van der Waals surface area contributed by atoms with Crippen molar-refractivity contribution in [2.75, 3.05) is 19.6 Å². The number of amides is 1. The second kappa shape index (κ2) is 6.20. The van der Waals surface area contributed by atoms with E-state index < -0.39 is 0 Å². The van der Waals surface area contributed by atoms with Crippen LogP contribution in [-0.2, 0) is 17.9 Å². The lowest BCUT2D eigenvalue weighted by molar-refractivity contribution is -0.167. The van der Waals surface area contributed by atoms with E-state index in [2.05, 4.69) is 28.7 Å². The number of hydrogen-bond donors (Lipinski definition) is 0. The first-order chi connectivity index (χ1) is 11.6. The fourth-order valence-electron chi connectivity index (χ4n) is 3.97. The molecule has 0 radical (unpaired) electrons. The zero-order valence-corrected chi connectivity index (χ0v) is 15.8. The Labute approximate surface area is 150 Å². The summed E-state index contributed by atoms with van der Waals surface area (Å²) in [5.74, 6) is 0.331. The minimum atomic E-state index is -0.142. The van der Waals surface area contributed by atoms with Gasteiger partial charge < -0.3 is 4.90 Å². The van der Waals surface area contributed by atoms with Crippen molar-refractivity contribution in [2.24, 2.45) is 5.41 Å². The van der Waals surface area contributed by atoms with E-state index in [9.17, 15) is 4.79 Å². The summed E-state index contributed by atoms with van der Waals surface area (Å²) in [5, 5.41) is 1.13. The van der Waals surface area contributed by atoms with Crippen molar-refractivity contribution >= 4 is 28.6 Å². The van der Waals surface area contributed by atoms with Gasteiger partial charge in [0.1, 0.15) is 0 Å². The van der Waals surface area contributed by atoms with Crippen LogP contribution < -0.4 is 0 Å². The predicted octanol–water partition coefficient (Wildman–Crippen LogP) is 2.84. The molecule has 7 heteroatoms. The molecule has 0 aliphatic carbocycles. The van der Waals surface area contributed by atoms with Gasteiger partial charge in [0.2, 0.25) is 5.91 Å². The number of nitrogens with zero attached hydrogens (tertiary/aromatic N) is 4. The highest BCUT2D eigenvalue weighted by Crippen LogP contribution is 2.41. The Morgan fingerprint density at radius 1 is 1.29 bits per heavy atom. The number of hydrogen-bond acceptors (Lipinski definition) is 6. The summed E-state index contributed by atoms with van der Waals surface area (Å²) in [4.78, 5) is 28.4. The number of β-lactam (4-membered cyclic amide) rings is 1. The van der Waals surface area contributed by atoms with Crippen LogP contribution in [0.5, 0.6) is 0 Å². The molecule has 128 valence electrons. The first-order valence-electron chi connectivity index (χ1n) is 8.38. The standard InChI is InChI=1S/C17H22N4OS2/c1-12-15(24-13(2)19-12)8-20-5-3-4-17(9-20)10-21(16(17)22)7-14-6-18-11-23-14/h6,11H,3-5,7-10H2,1-2H3. The highest BCUT2D eigenvalue weighted by molar-refractivity contribution is 7.11. The summed E-state index contributed by atoms with van der Waals surface area (Å²) in [7, 11) is 0. The Hall–Kier alpha value is -1.31. The summed E-state index contributed by atoms with van der Waals surface area (Å²) >= 11 is 3.41. The van der Waals surface area contributed by atoms with Crippen LogP contribution in [0.1, 0.15) is 33.3 Å². The Kier molecular flexibility index (Phi) is 4.18. The number of aromatic nitrogens is 2. The minimum absolute atomic E-state index is 0.142. The zero-order chi connectivity index (χ0) is 16.7. The maximum absolute atomic E-state index is 12.8. The molecule has 0 N–H and O–H groups in total. The van der Waals surface area contributed by atoms with Gasteiger partial charge in [0.05, 0.1) is 28.2 Å². The third kappa shape index (κ3) is 2.89. The number of likely N-dealkylation sites (tertiary alicyclic amines) is 2. The molecule has 2 aliphatic heterocycles. The Morgan fingerprint density at radius 3 is 2.83 bits per heavy atom. The lowest BCUT2D eigenvalue weighted by atomic mass is 9.72. The molecule has 2 saturated heterocycles. The molecule has 2 fully saturated rings. The molecule has 4 rings (SSSR count). The lowest BCUT2D eigenvalue weighted by Gasteiger charge is -2.53. The Bertz CT molecular complexity index is 742. The van der Waals surface area contributed by atoms with Crippen molar-refractivity contribution in [2.45, 2.75) is 39.8 Å². The van der Waals surface area contributed by atoms with E-state index in [1.54, 1.807) is 22.7 Å². The van der Waals surface area contributed by atoms with Gasteiger partial charge in [-0.3, -0.25) is 14.7 Å².